The van der Waals surface area contributed by atoms with E-state index in [4.69, 9.17) is 4.74 Å². The highest BCUT2D eigenvalue weighted by Gasteiger charge is 2.32. The lowest BCUT2D eigenvalue weighted by molar-refractivity contribution is -0.0443. The second kappa shape index (κ2) is 6.02. The van der Waals surface area contributed by atoms with Crippen LogP contribution in [-0.4, -0.2) is 24.4 Å². The molecule has 1 heterocycles. The fourth-order valence-corrected chi connectivity index (χ4v) is 3.43. The third kappa shape index (κ3) is 2.98. The minimum Gasteiger partial charge on any atom is -0.392 e. The average molecular weight is 226 g/mol. The first-order valence-corrected chi connectivity index (χ1v) is 7.07. The Balaban J connectivity index is 1.84. The molecule has 0 bridgehead atoms. The van der Waals surface area contributed by atoms with E-state index < -0.39 is 0 Å². The average Bonchev–Trinajstić information content (AvgIpc) is 2.39. The molecular weight excluding hydrogens is 200 g/mol. The topological polar surface area (TPSA) is 29.5 Å². The molecule has 2 fully saturated rings. The highest BCUT2D eigenvalue weighted by Crippen LogP contribution is 2.36. The summed E-state index contributed by atoms with van der Waals surface area (Å²) < 4.78 is 5.49. The molecule has 2 heteroatoms. The van der Waals surface area contributed by atoms with Gasteiger partial charge in [0.25, 0.3) is 0 Å². The van der Waals surface area contributed by atoms with E-state index >= 15 is 0 Å². The number of aliphatic hydroxyl groups excluding tert-OH is 1. The number of hydrogen-bond acceptors (Lipinski definition) is 2. The SMILES string of the molecule is CCC1CCCC(C(O)C2CCCOC2)C1. The van der Waals surface area contributed by atoms with Crippen LogP contribution in [0.2, 0.25) is 0 Å². The second-order valence-corrected chi connectivity index (χ2v) is 5.67. The first kappa shape index (κ1) is 12.4. The molecule has 94 valence electrons. The summed E-state index contributed by atoms with van der Waals surface area (Å²) in [5, 5.41) is 10.4. The van der Waals surface area contributed by atoms with Crippen molar-refractivity contribution in [3.63, 3.8) is 0 Å². The molecule has 1 saturated carbocycles. The van der Waals surface area contributed by atoms with Crippen LogP contribution in [0.4, 0.5) is 0 Å². The van der Waals surface area contributed by atoms with Crippen LogP contribution in [0.1, 0.15) is 51.9 Å². The fraction of sp³-hybridized carbons (Fsp3) is 1.00. The third-order valence-corrected chi connectivity index (χ3v) is 4.56. The summed E-state index contributed by atoms with van der Waals surface area (Å²) in [6, 6.07) is 0. The molecule has 0 amide bonds. The highest BCUT2D eigenvalue weighted by molar-refractivity contribution is 4.82. The van der Waals surface area contributed by atoms with Gasteiger partial charge in [0.1, 0.15) is 0 Å². The molecule has 1 aliphatic carbocycles. The molecule has 1 saturated heterocycles. The van der Waals surface area contributed by atoms with Gasteiger partial charge >= 0.3 is 0 Å². The van der Waals surface area contributed by atoms with Crippen LogP contribution in [0.5, 0.6) is 0 Å². The van der Waals surface area contributed by atoms with Crippen molar-refractivity contribution in [2.75, 3.05) is 13.2 Å². The monoisotopic (exact) mass is 226 g/mol. The van der Waals surface area contributed by atoms with Crippen molar-refractivity contribution in [3.05, 3.63) is 0 Å². The largest absolute Gasteiger partial charge is 0.392 e. The molecular formula is C14H26O2. The maximum atomic E-state index is 10.4. The predicted molar refractivity (Wildman–Crippen MR) is 65.3 cm³/mol. The summed E-state index contributed by atoms with van der Waals surface area (Å²) in [5.41, 5.74) is 0. The van der Waals surface area contributed by atoms with Crippen LogP contribution in [0.15, 0.2) is 0 Å². The lowest BCUT2D eigenvalue weighted by atomic mass is 9.74. The Morgan fingerprint density at radius 3 is 2.69 bits per heavy atom. The van der Waals surface area contributed by atoms with Gasteiger partial charge in [-0.2, -0.15) is 0 Å². The van der Waals surface area contributed by atoms with E-state index in [0.717, 1.165) is 32.0 Å². The van der Waals surface area contributed by atoms with Crippen molar-refractivity contribution in [1.82, 2.24) is 0 Å². The van der Waals surface area contributed by atoms with E-state index in [1.807, 2.05) is 0 Å². The van der Waals surface area contributed by atoms with Crippen LogP contribution in [-0.2, 0) is 4.74 Å². The van der Waals surface area contributed by atoms with Crippen LogP contribution in [0, 0.1) is 17.8 Å². The van der Waals surface area contributed by atoms with Gasteiger partial charge in [0.15, 0.2) is 0 Å². The zero-order valence-electron chi connectivity index (χ0n) is 10.5. The summed E-state index contributed by atoms with van der Waals surface area (Å²) in [5.74, 6) is 1.82. The highest BCUT2D eigenvalue weighted by atomic mass is 16.5. The first-order chi connectivity index (χ1) is 7.81. The van der Waals surface area contributed by atoms with Gasteiger partial charge in [0, 0.05) is 12.5 Å². The molecule has 0 aromatic heterocycles. The van der Waals surface area contributed by atoms with Crippen LogP contribution < -0.4 is 0 Å². The molecule has 4 unspecified atom stereocenters. The normalized spacial score (nSPS) is 38.2. The third-order valence-electron chi connectivity index (χ3n) is 4.56. The molecule has 1 aliphatic heterocycles. The Morgan fingerprint density at radius 2 is 2.00 bits per heavy atom. The number of hydrogen-bond donors (Lipinski definition) is 1. The van der Waals surface area contributed by atoms with Gasteiger partial charge < -0.3 is 9.84 Å². The zero-order valence-corrected chi connectivity index (χ0v) is 10.5. The van der Waals surface area contributed by atoms with Gasteiger partial charge in [-0.3, -0.25) is 0 Å². The molecule has 2 nitrogen and oxygen atoms in total. The van der Waals surface area contributed by atoms with E-state index in [1.165, 1.54) is 32.1 Å². The fourth-order valence-electron chi connectivity index (χ4n) is 3.43. The second-order valence-electron chi connectivity index (χ2n) is 5.67. The Kier molecular flexibility index (Phi) is 4.66. The van der Waals surface area contributed by atoms with Crippen molar-refractivity contribution in [2.45, 2.75) is 58.0 Å². The van der Waals surface area contributed by atoms with Crippen molar-refractivity contribution < 1.29 is 9.84 Å². The minimum atomic E-state index is -0.102. The van der Waals surface area contributed by atoms with Gasteiger partial charge in [-0.25, -0.2) is 0 Å². The quantitative estimate of drug-likeness (QED) is 0.801. The van der Waals surface area contributed by atoms with Gasteiger partial charge in [0.05, 0.1) is 12.7 Å². The Labute approximate surface area is 99.4 Å². The maximum Gasteiger partial charge on any atom is 0.0618 e. The zero-order chi connectivity index (χ0) is 11.4. The van der Waals surface area contributed by atoms with Crippen LogP contribution in [0.25, 0.3) is 0 Å². The lowest BCUT2D eigenvalue weighted by Gasteiger charge is -2.36. The Morgan fingerprint density at radius 1 is 1.19 bits per heavy atom. The summed E-state index contributed by atoms with van der Waals surface area (Å²) in [4.78, 5) is 0. The van der Waals surface area contributed by atoms with Gasteiger partial charge in [-0.15, -0.1) is 0 Å². The van der Waals surface area contributed by atoms with E-state index in [0.29, 0.717) is 11.8 Å². The first-order valence-electron chi connectivity index (χ1n) is 7.07. The lowest BCUT2D eigenvalue weighted by Crippen LogP contribution is -2.37. The minimum absolute atomic E-state index is 0.102. The van der Waals surface area contributed by atoms with E-state index in [2.05, 4.69) is 6.92 Å². The summed E-state index contributed by atoms with van der Waals surface area (Å²) in [7, 11) is 0. The Bertz CT molecular complexity index is 199. The summed E-state index contributed by atoms with van der Waals surface area (Å²) in [6.45, 7) is 3.96. The molecule has 16 heavy (non-hydrogen) atoms. The Hall–Kier alpha value is -0.0800. The van der Waals surface area contributed by atoms with Crippen molar-refractivity contribution in [1.29, 1.82) is 0 Å². The van der Waals surface area contributed by atoms with Gasteiger partial charge in [-0.05, 0) is 37.5 Å². The molecule has 1 N–H and O–H groups in total. The number of rotatable bonds is 3. The number of aliphatic hydroxyl groups is 1. The van der Waals surface area contributed by atoms with Crippen LogP contribution in [0.3, 0.4) is 0 Å². The summed E-state index contributed by atoms with van der Waals surface area (Å²) >= 11 is 0. The molecule has 0 radical (unpaired) electrons. The molecule has 0 aromatic rings. The van der Waals surface area contributed by atoms with E-state index in [1.54, 1.807) is 0 Å². The summed E-state index contributed by atoms with van der Waals surface area (Å²) in [6.07, 6.45) is 8.64. The van der Waals surface area contributed by atoms with Crippen molar-refractivity contribution in [3.8, 4) is 0 Å². The molecule has 2 rings (SSSR count). The van der Waals surface area contributed by atoms with Crippen molar-refractivity contribution in [2.24, 2.45) is 17.8 Å². The van der Waals surface area contributed by atoms with Crippen LogP contribution >= 0.6 is 0 Å². The molecule has 0 aromatic carbocycles. The molecule has 2 aliphatic rings. The molecule has 4 atom stereocenters. The van der Waals surface area contributed by atoms with E-state index in [-0.39, 0.29) is 6.10 Å². The van der Waals surface area contributed by atoms with Gasteiger partial charge in [-0.1, -0.05) is 26.2 Å². The van der Waals surface area contributed by atoms with Crippen molar-refractivity contribution >= 4 is 0 Å². The molecule has 0 spiro atoms. The van der Waals surface area contributed by atoms with Gasteiger partial charge in [0.2, 0.25) is 0 Å². The standard InChI is InChI=1S/C14H26O2/c1-2-11-5-3-6-12(9-11)14(15)13-7-4-8-16-10-13/h11-15H,2-10H2,1H3. The smallest absolute Gasteiger partial charge is 0.0618 e. The maximum absolute atomic E-state index is 10.4. The predicted octanol–water partition coefficient (Wildman–Crippen LogP) is 2.99. The van der Waals surface area contributed by atoms with E-state index in [9.17, 15) is 5.11 Å². The number of ether oxygens (including phenoxy) is 1.